The van der Waals surface area contributed by atoms with Crippen LogP contribution in [0.15, 0.2) is 41.8 Å². The Kier molecular flexibility index (Phi) is 7.63. The van der Waals surface area contributed by atoms with Gasteiger partial charge < -0.3 is 15.4 Å². The van der Waals surface area contributed by atoms with Crippen molar-refractivity contribution in [2.75, 3.05) is 11.9 Å². The lowest BCUT2D eigenvalue weighted by atomic mass is 10.2. The van der Waals surface area contributed by atoms with Gasteiger partial charge in [-0.1, -0.05) is 18.2 Å². The van der Waals surface area contributed by atoms with Gasteiger partial charge in [-0.2, -0.15) is 0 Å². The van der Waals surface area contributed by atoms with Crippen LogP contribution in [-0.4, -0.2) is 24.5 Å². The van der Waals surface area contributed by atoms with Crippen molar-refractivity contribution in [2.24, 2.45) is 0 Å². The maximum Gasteiger partial charge on any atom is 0.261 e. The van der Waals surface area contributed by atoms with Crippen molar-refractivity contribution in [2.45, 2.75) is 39.4 Å². The molecule has 1 heterocycles. The Morgan fingerprint density at radius 1 is 1.20 bits per heavy atom. The molecule has 0 fully saturated rings. The fraction of sp³-hybridized carbons (Fsp3) is 0.368. The summed E-state index contributed by atoms with van der Waals surface area (Å²) in [5, 5.41) is 7.56. The molecule has 134 valence electrons. The van der Waals surface area contributed by atoms with E-state index in [1.807, 2.05) is 49.6 Å². The first kappa shape index (κ1) is 19.1. The molecule has 1 aromatic carbocycles. The Morgan fingerprint density at radius 3 is 2.76 bits per heavy atom. The van der Waals surface area contributed by atoms with Crippen molar-refractivity contribution < 1.29 is 14.3 Å². The van der Waals surface area contributed by atoms with E-state index >= 15 is 0 Å². The molecular formula is C19H24N2O3S. The average molecular weight is 360 g/mol. The maximum atomic E-state index is 12.0. The van der Waals surface area contributed by atoms with Crippen LogP contribution in [0.5, 0.6) is 0 Å². The predicted molar refractivity (Wildman–Crippen MR) is 101 cm³/mol. The first-order valence-corrected chi connectivity index (χ1v) is 9.24. The molecule has 0 aliphatic carbocycles. The number of amides is 2. The lowest BCUT2D eigenvalue weighted by molar-refractivity contribution is -0.116. The number of anilines is 1. The number of carbonyl (C=O) groups excluding carboxylic acids is 2. The monoisotopic (exact) mass is 360 g/mol. The molecule has 2 rings (SSSR count). The highest BCUT2D eigenvalue weighted by molar-refractivity contribution is 7.12. The van der Waals surface area contributed by atoms with Gasteiger partial charge in [-0.15, -0.1) is 11.3 Å². The Bertz CT molecular complexity index is 684. The molecule has 1 aromatic heterocycles. The largest absolute Gasteiger partial charge is 0.374 e. The highest BCUT2D eigenvalue weighted by Gasteiger charge is 2.07. The Hall–Kier alpha value is -2.18. The van der Waals surface area contributed by atoms with Gasteiger partial charge in [0.15, 0.2) is 0 Å². The van der Waals surface area contributed by atoms with E-state index in [0.29, 0.717) is 30.9 Å². The summed E-state index contributed by atoms with van der Waals surface area (Å²) in [7, 11) is 0. The normalized spacial score (nSPS) is 10.7. The molecule has 0 unspecified atom stereocenters. The lowest BCUT2D eigenvalue weighted by Crippen LogP contribution is -2.24. The first-order chi connectivity index (χ1) is 12.0. The van der Waals surface area contributed by atoms with Crippen molar-refractivity contribution in [3.8, 4) is 0 Å². The van der Waals surface area contributed by atoms with Crippen LogP contribution in [-0.2, 0) is 16.1 Å². The predicted octanol–water partition coefficient (Wildman–Crippen LogP) is 3.82. The minimum atomic E-state index is -0.0896. The van der Waals surface area contributed by atoms with E-state index in [4.69, 9.17) is 4.74 Å². The van der Waals surface area contributed by atoms with Crippen LogP contribution in [0, 0.1) is 0 Å². The van der Waals surface area contributed by atoms with Crippen LogP contribution < -0.4 is 10.6 Å². The van der Waals surface area contributed by atoms with Crippen molar-refractivity contribution in [3.05, 3.63) is 52.2 Å². The van der Waals surface area contributed by atoms with Gasteiger partial charge in [0.05, 0.1) is 17.6 Å². The second kappa shape index (κ2) is 9.96. The van der Waals surface area contributed by atoms with E-state index in [-0.39, 0.29) is 17.9 Å². The zero-order valence-electron chi connectivity index (χ0n) is 14.6. The highest BCUT2D eigenvalue weighted by Crippen LogP contribution is 2.13. The number of nitrogens with one attached hydrogen (secondary N) is 2. The zero-order chi connectivity index (χ0) is 18.1. The fourth-order valence-electron chi connectivity index (χ4n) is 2.17. The summed E-state index contributed by atoms with van der Waals surface area (Å²) >= 11 is 1.40. The Balaban J connectivity index is 1.69. The SMILES string of the molecule is CC(C)OCc1cccc(NC(=O)CCCNC(=O)c2cccs2)c1. The third-order valence-corrected chi connectivity index (χ3v) is 4.27. The molecule has 0 saturated heterocycles. The smallest absolute Gasteiger partial charge is 0.261 e. The van der Waals surface area contributed by atoms with E-state index in [0.717, 1.165) is 11.3 Å². The number of ether oxygens (including phenoxy) is 1. The summed E-state index contributed by atoms with van der Waals surface area (Å²) in [5.74, 6) is -0.152. The molecule has 2 N–H and O–H groups in total. The van der Waals surface area contributed by atoms with Crippen molar-refractivity contribution in [3.63, 3.8) is 0 Å². The van der Waals surface area contributed by atoms with E-state index in [1.54, 1.807) is 6.07 Å². The molecule has 0 atom stereocenters. The molecule has 0 bridgehead atoms. The zero-order valence-corrected chi connectivity index (χ0v) is 15.4. The van der Waals surface area contributed by atoms with Crippen LogP contribution in [0.25, 0.3) is 0 Å². The third-order valence-electron chi connectivity index (χ3n) is 3.41. The van der Waals surface area contributed by atoms with Crippen LogP contribution in [0.1, 0.15) is 41.9 Å². The number of benzene rings is 1. The maximum absolute atomic E-state index is 12.0. The fourth-order valence-corrected chi connectivity index (χ4v) is 2.81. The van der Waals surface area contributed by atoms with Gasteiger partial charge in [0, 0.05) is 18.7 Å². The van der Waals surface area contributed by atoms with Crippen LogP contribution in [0.4, 0.5) is 5.69 Å². The standard InChI is InChI=1S/C19H24N2O3S/c1-14(2)24-13-15-6-3-7-16(12-15)21-18(22)9-4-10-20-19(23)17-8-5-11-25-17/h3,5-8,11-12,14H,4,9-10,13H2,1-2H3,(H,20,23)(H,21,22). The van der Waals surface area contributed by atoms with Gasteiger partial charge in [0.1, 0.15) is 0 Å². The number of thiophene rings is 1. The van der Waals surface area contributed by atoms with E-state index in [9.17, 15) is 9.59 Å². The van der Waals surface area contributed by atoms with Gasteiger partial charge in [0.2, 0.25) is 5.91 Å². The van der Waals surface area contributed by atoms with Crippen molar-refractivity contribution in [1.29, 1.82) is 0 Å². The van der Waals surface area contributed by atoms with E-state index in [2.05, 4.69) is 10.6 Å². The van der Waals surface area contributed by atoms with Crippen LogP contribution >= 0.6 is 11.3 Å². The van der Waals surface area contributed by atoms with Crippen LogP contribution in [0.2, 0.25) is 0 Å². The van der Waals surface area contributed by atoms with Crippen molar-refractivity contribution >= 4 is 28.8 Å². The summed E-state index contributed by atoms with van der Waals surface area (Å²) in [4.78, 5) is 24.5. The molecule has 0 aliphatic rings. The molecule has 25 heavy (non-hydrogen) atoms. The molecule has 2 amide bonds. The number of hydrogen-bond donors (Lipinski definition) is 2. The molecule has 0 aliphatic heterocycles. The van der Waals surface area contributed by atoms with Gasteiger partial charge in [-0.3, -0.25) is 9.59 Å². The van der Waals surface area contributed by atoms with Crippen molar-refractivity contribution in [1.82, 2.24) is 5.32 Å². The van der Waals surface area contributed by atoms with Gasteiger partial charge in [0.25, 0.3) is 5.91 Å². The second-order valence-corrected chi connectivity index (χ2v) is 6.89. The van der Waals surface area contributed by atoms with Gasteiger partial charge >= 0.3 is 0 Å². The number of carbonyl (C=O) groups is 2. The first-order valence-electron chi connectivity index (χ1n) is 8.36. The second-order valence-electron chi connectivity index (χ2n) is 5.95. The summed E-state index contributed by atoms with van der Waals surface area (Å²) in [6.45, 7) is 4.98. The molecule has 0 saturated carbocycles. The molecular weight excluding hydrogens is 336 g/mol. The topological polar surface area (TPSA) is 67.4 Å². The summed E-state index contributed by atoms with van der Waals surface area (Å²) < 4.78 is 5.57. The third kappa shape index (κ3) is 7.07. The van der Waals surface area contributed by atoms with Gasteiger partial charge in [-0.05, 0) is 49.4 Å². The lowest BCUT2D eigenvalue weighted by Gasteiger charge is -2.10. The van der Waals surface area contributed by atoms with E-state index in [1.165, 1.54) is 11.3 Å². The summed E-state index contributed by atoms with van der Waals surface area (Å²) in [5.41, 5.74) is 1.78. The van der Waals surface area contributed by atoms with E-state index < -0.39 is 0 Å². The Labute approximate surface area is 152 Å². The minimum Gasteiger partial charge on any atom is -0.374 e. The molecule has 2 aromatic rings. The average Bonchev–Trinajstić information content (AvgIpc) is 3.12. The molecule has 5 nitrogen and oxygen atoms in total. The Morgan fingerprint density at radius 2 is 2.04 bits per heavy atom. The summed E-state index contributed by atoms with van der Waals surface area (Å²) in [6.07, 6.45) is 1.12. The minimum absolute atomic E-state index is 0.0627. The molecule has 6 heteroatoms. The molecule has 0 spiro atoms. The number of rotatable bonds is 9. The van der Waals surface area contributed by atoms with Gasteiger partial charge in [-0.25, -0.2) is 0 Å². The molecule has 0 radical (unpaired) electrons. The summed E-state index contributed by atoms with van der Waals surface area (Å²) in [6, 6.07) is 11.3. The number of hydrogen-bond acceptors (Lipinski definition) is 4. The van der Waals surface area contributed by atoms with Crippen LogP contribution in [0.3, 0.4) is 0 Å². The quantitative estimate of drug-likeness (QED) is 0.668. The highest BCUT2D eigenvalue weighted by atomic mass is 32.1.